The number of Topliss-reactive ketones (excluding diaryl/α,β-unsaturated/α-hetero) is 1. The molecule has 0 saturated carbocycles. The summed E-state index contributed by atoms with van der Waals surface area (Å²) >= 11 is 0. The quantitative estimate of drug-likeness (QED) is 0.656. The lowest BCUT2D eigenvalue weighted by Crippen LogP contribution is -2.08. The van der Waals surface area contributed by atoms with Crippen LogP contribution >= 0.6 is 0 Å². The highest BCUT2D eigenvalue weighted by Gasteiger charge is 2.33. The van der Waals surface area contributed by atoms with Gasteiger partial charge in [-0.1, -0.05) is 42.0 Å². The Hall–Kier alpha value is -1.63. The highest BCUT2D eigenvalue weighted by molar-refractivity contribution is 6.01. The predicted molar refractivity (Wildman–Crippen MR) is 83.1 cm³/mol. The van der Waals surface area contributed by atoms with E-state index in [-0.39, 0.29) is 0 Å². The van der Waals surface area contributed by atoms with E-state index in [1.54, 1.807) is 0 Å². The van der Waals surface area contributed by atoms with E-state index in [0.717, 1.165) is 31.2 Å². The number of benzene rings is 1. The van der Waals surface area contributed by atoms with Crippen LogP contribution in [0.15, 0.2) is 42.5 Å². The summed E-state index contributed by atoms with van der Waals surface area (Å²) in [5.41, 5.74) is 3.43. The zero-order valence-electron chi connectivity index (χ0n) is 12.1. The molecule has 0 aliphatic heterocycles. The Labute approximate surface area is 121 Å². The third-order valence-electron chi connectivity index (χ3n) is 4.55. The summed E-state index contributed by atoms with van der Waals surface area (Å²) in [4.78, 5) is 12.3. The van der Waals surface area contributed by atoms with Crippen LogP contribution in [0.4, 0.5) is 0 Å². The van der Waals surface area contributed by atoms with Gasteiger partial charge in [-0.2, -0.15) is 0 Å². The van der Waals surface area contributed by atoms with Gasteiger partial charge in [-0.05, 0) is 56.1 Å². The van der Waals surface area contributed by atoms with Gasteiger partial charge in [0.2, 0.25) is 0 Å². The van der Waals surface area contributed by atoms with Gasteiger partial charge in [0.1, 0.15) is 0 Å². The van der Waals surface area contributed by atoms with Crippen LogP contribution in [0.25, 0.3) is 0 Å². The Bertz CT molecular complexity index is 565. The van der Waals surface area contributed by atoms with Gasteiger partial charge in [0.15, 0.2) is 5.78 Å². The molecule has 1 aromatic rings. The number of ketones is 1. The molecule has 2 aliphatic rings. The fraction of sp³-hybridized carbons (Fsp3) is 0.421. The molecule has 1 heteroatoms. The third kappa shape index (κ3) is 2.63. The van der Waals surface area contributed by atoms with Crippen molar-refractivity contribution in [3.63, 3.8) is 0 Å². The van der Waals surface area contributed by atoms with Gasteiger partial charge in [-0.3, -0.25) is 4.79 Å². The molecule has 0 aromatic heterocycles. The first-order chi connectivity index (χ1) is 9.75. The molecule has 0 spiro atoms. The summed E-state index contributed by atoms with van der Waals surface area (Å²) in [6, 6.07) is 6.39. The van der Waals surface area contributed by atoms with Crippen molar-refractivity contribution in [2.75, 3.05) is 0 Å². The molecule has 0 fully saturated rings. The van der Waals surface area contributed by atoms with Crippen molar-refractivity contribution in [1.29, 1.82) is 0 Å². The molecule has 1 aromatic carbocycles. The molecule has 2 atom stereocenters. The van der Waals surface area contributed by atoms with Gasteiger partial charge in [0.05, 0.1) is 0 Å². The summed E-state index contributed by atoms with van der Waals surface area (Å²) in [5.74, 6) is 1.23. The Balaban J connectivity index is 1.89. The Morgan fingerprint density at radius 1 is 1.05 bits per heavy atom. The van der Waals surface area contributed by atoms with E-state index in [9.17, 15) is 4.79 Å². The minimum atomic E-state index is 0.331. The molecule has 104 valence electrons. The molecular weight excluding hydrogens is 244 g/mol. The highest BCUT2D eigenvalue weighted by Crippen LogP contribution is 2.41. The molecule has 0 heterocycles. The zero-order chi connectivity index (χ0) is 13.9. The largest absolute Gasteiger partial charge is 0.294 e. The number of aryl methyl sites for hydroxylation is 1. The first-order valence-electron chi connectivity index (χ1n) is 7.71. The van der Waals surface area contributed by atoms with Gasteiger partial charge < -0.3 is 0 Å². The van der Waals surface area contributed by atoms with Crippen molar-refractivity contribution in [1.82, 2.24) is 0 Å². The van der Waals surface area contributed by atoms with E-state index >= 15 is 0 Å². The van der Waals surface area contributed by atoms with Crippen molar-refractivity contribution >= 4 is 5.78 Å². The molecule has 0 bridgehead atoms. The second-order valence-corrected chi connectivity index (χ2v) is 6.04. The minimum absolute atomic E-state index is 0.331. The Morgan fingerprint density at radius 2 is 1.85 bits per heavy atom. The van der Waals surface area contributed by atoms with Crippen LogP contribution < -0.4 is 0 Å². The summed E-state index contributed by atoms with van der Waals surface area (Å²) in [6.07, 6.45) is 14.5. The molecule has 1 nitrogen and oxygen atoms in total. The maximum Gasteiger partial charge on any atom is 0.163 e. The average molecular weight is 266 g/mol. The fourth-order valence-electron chi connectivity index (χ4n) is 3.46. The maximum atomic E-state index is 12.3. The first kappa shape index (κ1) is 13.4. The van der Waals surface area contributed by atoms with Gasteiger partial charge >= 0.3 is 0 Å². The van der Waals surface area contributed by atoms with E-state index in [2.05, 4.69) is 49.4 Å². The number of hydrogen-bond donors (Lipinski definition) is 0. The number of carbonyl (C=O) groups is 1. The van der Waals surface area contributed by atoms with E-state index in [1.807, 2.05) is 0 Å². The van der Waals surface area contributed by atoms with Crippen molar-refractivity contribution in [3.8, 4) is 0 Å². The van der Waals surface area contributed by atoms with Gasteiger partial charge in [0.25, 0.3) is 0 Å². The minimum Gasteiger partial charge on any atom is -0.294 e. The van der Waals surface area contributed by atoms with E-state index in [0.29, 0.717) is 24.0 Å². The number of hydrogen-bond acceptors (Lipinski definition) is 1. The molecule has 0 N–H and O–H groups in total. The molecule has 0 radical (unpaired) electrons. The number of carbonyl (C=O) groups excluding carboxylic acids is 1. The normalized spacial score (nSPS) is 29.1. The van der Waals surface area contributed by atoms with Gasteiger partial charge in [-0.25, -0.2) is 0 Å². The lowest BCUT2D eigenvalue weighted by atomic mass is 9.83. The smallest absolute Gasteiger partial charge is 0.163 e. The van der Waals surface area contributed by atoms with E-state index < -0.39 is 0 Å². The molecule has 0 saturated heterocycles. The van der Waals surface area contributed by atoms with Crippen molar-refractivity contribution < 1.29 is 4.79 Å². The average Bonchev–Trinajstić information content (AvgIpc) is 2.82. The van der Waals surface area contributed by atoms with E-state index in [1.165, 1.54) is 11.1 Å². The van der Waals surface area contributed by atoms with Crippen molar-refractivity contribution in [2.24, 2.45) is 5.92 Å². The standard InChI is InChI=1S/C19H22O/c1-14-10-11-16-17(13-19(20)18(16)12-14)15-8-6-4-2-3-5-7-9-15/h2,4,7,9-12,15,17H,3,5-6,8,13H2,1H3/b4-2-,9-7-/t15?,17-/m1/s1. The second-order valence-electron chi connectivity index (χ2n) is 6.04. The van der Waals surface area contributed by atoms with Crippen LogP contribution in [-0.2, 0) is 0 Å². The van der Waals surface area contributed by atoms with Gasteiger partial charge in [0, 0.05) is 12.0 Å². The predicted octanol–water partition coefficient (Wildman–Crippen LogP) is 4.97. The first-order valence-corrected chi connectivity index (χ1v) is 7.71. The van der Waals surface area contributed by atoms with Crippen LogP contribution in [0.3, 0.4) is 0 Å². The summed E-state index contributed by atoms with van der Waals surface area (Å²) in [6.45, 7) is 2.06. The van der Waals surface area contributed by atoms with Crippen molar-refractivity contribution in [3.05, 3.63) is 59.2 Å². The lowest BCUT2D eigenvalue weighted by Gasteiger charge is -2.20. The Kier molecular flexibility index (Phi) is 3.86. The van der Waals surface area contributed by atoms with Crippen LogP contribution in [0.2, 0.25) is 0 Å². The molecule has 2 aliphatic carbocycles. The SMILES string of the molecule is Cc1ccc2c(c1)C(=O)C[C@@H]2C1/C=C\CC/C=C\CC1. The topological polar surface area (TPSA) is 17.1 Å². The van der Waals surface area contributed by atoms with E-state index in [4.69, 9.17) is 0 Å². The van der Waals surface area contributed by atoms with Crippen molar-refractivity contribution in [2.45, 2.75) is 44.9 Å². The Morgan fingerprint density at radius 3 is 2.75 bits per heavy atom. The molecular formula is C19H22O. The lowest BCUT2D eigenvalue weighted by molar-refractivity contribution is 0.0984. The maximum absolute atomic E-state index is 12.3. The summed E-state index contributed by atoms with van der Waals surface area (Å²) < 4.78 is 0. The van der Waals surface area contributed by atoms with Crippen LogP contribution in [-0.4, -0.2) is 5.78 Å². The molecule has 20 heavy (non-hydrogen) atoms. The monoisotopic (exact) mass is 266 g/mol. The number of rotatable bonds is 1. The molecule has 3 rings (SSSR count). The highest BCUT2D eigenvalue weighted by atomic mass is 16.1. The fourth-order valence-corrected chi connectivity index (χ4v) is 3.46. The third-order valence-corrected chi connectivity index (χ3v) is 4.55. The number of allylic oxidation sites excluding steroid dienone is 4. The molecule has 0 amide bonds. The summed E-state index contributed by atoms with van der Waals surface area (Å²) in [5, 5.41) is 0. The second kappa shape index (κ2) is 5.78. The van der Waals surface area contributed by atoms with Crippen LogP contribution in [0.5, 0.6) is 0 Å². The zero-order valence-corrected chi connectivity index (χ0v) is 12.1. The number of fused-ring (bicyclic) bond motifs is 1. The van der Waals surface area contributed by atoms with Gasteiger partial charge in [-0.15, -0.1) is 0 Å². The molecule has 1 unspecified atom stereocenters. The van der Waals surface area contributed by atoms with Crippen LogP contribution in [0.1, 0.15) is 59.5 Å². The van der Waals surface area contributed by atoms with Crippen LogP contribution in [0, 0.1) is 12.8 Å². The summed E-state index contributed by atoms with van der Waals surface area (Å²) in [7, 11) is 0.